The Morgan fingerprint density at radius 2 is 1.76 bits per heavy atom. The number of benzene rings is 1. The minimum atomic E-state index is -4.81. The van der Waals surface area contributed by atoms with Gasteiger partial charge in [0.05, 0.1) is 11.0 Å². The first-order chi connectivity index (χ1) is 9.71. The number of nitrogens with zero attached hydrogens (tertiary/aromatic N) is 1. The van der Waals surface area contributed by atoms with E-state index in [1.165, 1.54) is 0 Å². The van der Waals surface area contributed by atoms with Gasteiger partial charge in [-0.3, -0.25) is 9.36 Å². The third-order valence-electron chi connectivity index (χ3n) is 2.80. The molecule has 1 heterocycles. The van der Waals surface area contributed by atoms with Gasteiger partial charge in [0.2, 0.25) is 0 Å². The molecule has 8 heteroatoms. The predicted octanol–water partition coefficient (Wildman–Crippen LogP) is 3.96. The predicted molar refractivity (Wildman–Crippen MR) is 68.9 cm³/mol. The summed E-state index contributed by atoms with van der Waals surface area (Å²) in [7, 11) is 0. The Balaban J connectivity index is 2.61. The van der Waals surface area contributed by atoms with E-state index in [2.05, 4.69) is 15.9 Å². The summed E-state index contributed by atoms with van der Waals surface area (Å²) in [6.07, 6.45) is -4.81. The van der Waals surface area contributed by atoms with Gasteiger partial charge in [-0.1, -0.05) is 6.07 Å². The topological polar surface area (TPSA) is 22.0 Å². The highest BCUT2D eigenvalue weighted by atomic mass is 79.9. The smallest absolute Gasteiger partial charge is 0.300 e. The number of hydrogen-bond acceptors (Lipinski definition) is 1. The molecule has 2 nitrogen and oxygen atoms in total. The van der Waals surface area contributed by atoms with Gasteiger partial charge in [0, 0.05) is 11.6 Å². The van der Waals surface area contributed by atoms with Crippen LogP contribution in [-0.2, 0) is 12.7 Å². The fraction of sp³-hybridized carbons (Fsp3) is 0.154. The lowest BCUT2D eigenvalue weighted by Crippen LogP contribution is -2.28. The quantitative estimate of drug-likeness (QED) is 0.581. The van der Waals surface area contributed by atoms with E-state index in [-0.39, 0.29) is 9.04 Å². The van der Waals surface area contributed by atoms with Gasteiger partial charge in [-0.05, 0) is 34.1 Å². The highest BCUT2D eigenvalue weighted by molar-refractivity contribution is 9.10. The Labute approximate surface area is 124 Å². The summed E-state index contributed by atoms with van der Waals surface area (Å²) in [5, 5.41) is 0. The largest absolute Gasteiger partial charge is 0.431 e. The standard InChI is InChI=1S/C13H7BrF5NO/c14-8-4-5-9(15)7(12(8)16)6-20-10(13(17,18)19)2-1-3-11(20)21/h1-5H,6H2. The van der Waals surface area contributed by atoms with Crippen molar-refractivity contribution in [1.82, 2.24) is 4.57 Å². The summed E-state index contributed by atoms with van der Waals surface area (Å²) in [4.78, 5) is 11.6. The van der Waals surface area contributed by atoms with E-state index in [1.54, 1.807) is 0 Å². The third kappa shape index (κ3) is 3.15. The molecule has 0 aliphatic carbocycles. The zero-order valence-corrected chi connectivity index (χ0v) is 11.8. The SMILES string of the molecule is O=c1cccc(C(F)(F)F)n1Cc1c(F)ccc(Br)c1F. The van der Waals surface area contributed by atoms with Crippen LogP contribution in [0.15, 0.2) is 39.6 Å². The lowest BCUT2D eigenvalue weighted by molar-refractivity contribution is -0.144. The molecule has 0 aliphatic heterocycles. The van der Waals surface area contributed by atoms with E-state index in [0.717, 1.165) is 24.3 Å². The zero-order valence-electron chi connectivity index (χ0n) is 10.2. The van der Waals surface area contributed by atoms with Crippen molar-refractivity contribution < 1.29 is 22.0 Å². The average Bonchev–Trinajstić information content (AvgIpc) is 2.39. The normalized spacial score (nSPS) is 11.7. The first-order valence-corrected chi connectivity index (χ1v) is 6.40. The summed E-state index contributed by atoms with van der Waals surface area (Å²) in [5.74, 6) is -2.07. The van der Waals surface area contributed by atoms with Crippen molar-refractivity contribution in [2.45, 2.75) is 12.7 Å². The van der Waals surface area contributed by atoms with Crippen molar-refractivity contribution in [1.29, 1.82) is 0 Å². The van der Waals surface area contributed by atoms with Crippen molar-refractivity contribution in [2.24, 2.45) is 0 Å². The van der Waals surface area contributed by atoms with E-state index in [9.17, 15) is 26.7 Å². The van der Waals surface area contributed by atoms with E-state index >= 15 is 0 Å². The highest BCUT2D eigenvalue weighted by Crippen LogP contribution is 2.29. The second-order valence-electron chi connectivity index (χ2n) is 4.15. The molecule has 0 atom stereocenters. The van der Waals surface area contributed by atoms with Crippen LogP contribution in [-0.4, -0.2) is 4.57 Å². The minimum Gasteiger partial charge on any atom is -0.300 e. The van der Waals surface area contributed by atoms with Crippen LogP contribution in [0.1, 0.15) is 11.3 Å². The summed E-state index contributed by atoms with van der Waals surface area (Å²) >= 11 is 2.82. The van der Waals surface area contributed by atoms with Crippen LogP contribution < -0.4 is 5.56 Å². The molecule has 0 radical (unpaired) electrons. The second-order valence-corrected chi connectivity index (χ2v) is 5.01. The molecule has 0 unspecified atom stereocenters. The number of aromatic nitrogens is 1. The molecule has 1 aromatic carbocycles. The van der Waals surface area contributed by atoms with Crippen molar-refractivity contribution >= 4 is 15.9 Å². The van der Waals surface area contributed by atoms with Gasteiger partial charge in [-0.25, -0.2) is 8.78 Å². The maximum atomic E-state index is 13.8. The molecule has 0 fully saturated rings. The molecule has 0 saturated heterocycles. The molecular formula is C13H7BrF5NO. The van der Waals surface area contributed by atoms with Crippen LogP contribution in [0.2, 0.25) is 0 Å². The van der Waals surface area contributed by atoms with Gasteiger partial charge in [0.25, 0.3) is 5.56 Å². The van der Waals surface area contributed by atoms with Crippen molar-refractivity contribution in [2.75, 3.05) is 0 Å². The fourth-order valence-electron chi connectivity index (χ4n) is 1.80. The number of pyridine rings is 1. The Kier molecular flexibility index (Phi) is 4.18. The number of halogens is 6. The lowest BCUT2D eigenvalue weighted by atomic mass is 10.2. The van der Waals surface area contributed by atoms with Crippen molar-refractivity contribution in [3.05, 3.63) is 68.1 Å². The van der Waals surface area contributed by atoms with E-state index in [1.807, 2.05) is 0 Å². The molecule has 0 bridgehead atoms. The lowest BCUT2D eigenvalue weighted by Gasteiger charge is -2.16. The first kappa shape index (κ1) is 15.7. The van der Waals surface area contributed by atoms with Crippen LogP contribution in [0.4, 0.5) is 22.0 Å². The molecule has 21 heavy (non-hydrogen) atoms. The van der Waals surface area contributed by atoms with Gasteiger partial charge in [-0.15, -0.1) is 0 Å². The van der Waals surface area contributed by atoms with Gasteiger partial charge < -0.3 is 0 Å². The second kappa shape index (κ2) is 5.59. The molecule has 0 spiro atoms. The monoisotopic (exact) mass is 367 g/mol. The summed E-state index contributed by atoms with van der Waals surface area (Å²) in [6, 6.07) is 4.50. The van der Waals surface area contributed by atoms with Gasteiger partial charge in [0.1, 0.15) is 17.3 Å². The maximum Gasteiger partial charge on any atom is 0.431 e. The Morgan fingerprint density at radius 3 is 2.38 bits per heavy atom. The zero-order chi connectivity index (χ0) is 15.8. The minimum absolute atomic E-state index is 0.101. The summed E-state index contributed by atoms with van der Waals surface area (Å²) in [6.45, 7) is -0.856. The van der Waals surface area contributed by atoms with Crippen LogP contribution >= 0.6 is 15.9 Å². The molecule has 112 valence electrons. The third-order valence-corrected chi connectivity index (χ3v) is 3.41. The Hall–Kier alpha value is -1.70. The summed E-state index contributed by atoms with van der Waals surface area (Å²) < 4.78 is 66.2. The van der Waals surface area contributed by atoms with Crippen molar-refractivity contribution in [3.8, 4) is 0 Å². The molecular weight excluding hydrogens is 361 g/mol. The molecule has 2 rings (SSSR count). The van der Waals surface area contributed by atoms with Crippen LogP contribution in [0.5, 0.6) is 0 Å². The Bertz CT molecular complexity index is 738. The fourth-order valence-corrected chi connectivity index (χ4v) is 2.17. The van der Waals surface area contributed by atoms with E-state index in [4.69, 9.17) is 0 Å². The van der Waals surface area contributed by atoms with Crippen molar-refractivity contribution in [3.63, 3.8) is 0 Å². The van der Waals surface area contributed by atoms with Crippen LogP contribution in [0.3, 0.4) is 0 Å². The van der Waals surface area contributed by atoms with Gasteiger partial charge in [-0.2, -0.15) is 13.2 Å². The number of rotatable bonds is 2. The van der Waals surface area contributed by atoms with Gasteiger partial charge >= 0.3 is 6.18 Å². The molecule has 0 amide bonds. The van der Waals surface area contributed by atoms with E-state index < -0.39 is 41.2 Å². The molecule has 2 aromatic rings. The number of hydrogen-bond donors (Lipinski definition) is 0. The van der Waals surface area contributed by atoms with Crippen LogP contribution in [0.25, 0.3) is 0 Å². The molecule has 0 N–H and O–H groups in total. The summed E-state index contributed by atoms with van der Waals surface area (Å²) in [5.41, 5.74) is -2.89. The van der Waals surface area contributed by atoms with E-state index in [0.29, 0.717) is 6.07 Å². The Morgan fingerprint density at radius 1 is 1.10 bits per heavy atom. The molecule has 0 aliphatic rings. The average molecular weight is 368 g/mol. The number of alkyl halides is 3. The highest BCUT2D eigenvalue weighted by Gasteiger charge is 2.34. The van der Waals surface area contributed by atoms with Crippen LogP contribution in [0, 0.1) is 11.6 Å². The maximum absolute atomic E-state index is 13.8. The van der Waals surface area contributed by atoms with Gasteiger partial charge in [0.15, 0.2) is 0 Å². The molecule has 0 saturated carbocycles. The first-order valence-electron chi connectivity index (χ1n) is 5.61. The molecule has 1 aromatic heterocycles.